The van der Waals surface area contributed by atoms with Gasteiger partial charge in [0.2, 0.25) is 5.91 Å². The molecule has 0 saturated carbocycles. The number of hydrogen-bond donors (Lipinski definition) is 0. The van der Waals surface area contributed by atoms with Crippen molar-refractivity contribution in [2.24, 2.45) is 0 Å². The molecular weight excluding hydrogens is 414 g/mol. The lowest BCUT2D eigenvalue weighted by Crippen LogP contribution is -2.33. The first-order chi connectivity index (χ1) is 14.5. The maximum absolute atomic E-state index is 13.3. The van der Waals surface area contributed by atoms with Crippen LogP contribution < -0.4 is 5.56 Å². The van der Waals surface area contributed by atoms with Crippen molar-refractivity contribution in [3.8, 4) is 0 Å². The van der Waals surface area contributed by atoms with Gasteiger partial charge in [0.1, 0.15) is 4.83 Å². The zero-order valence-corrected chi connectivity index (χ0v) is 19.3. The van der Waals surface area contributed by atoms with E-state index < -0.39 is 0 Å². The zero-order valence-electron chi connectivity index (χ0n) is 17.7. The second-order valence-electron chi connectivity index (χ2n) is 7.83. The third-order valence-corrected chi connectivity index (χ3v) is 7.77. The number of amides is 1. The third kappa shape index (κ3) is 4.05. The van der Waals surface area contributed by atoms with E-state index in [4.69, 9.17) is 4.98 Å². The Morgan fingerprint density at radius 3 is 2.80 bits per heavy atom. The summed E-state index contributed by atoms with van der Waals surface area (Å²) in [5.74, 6) is 0.0370. The molecule has 1 aromatic carbocycles. The molecule has 2 aromatic heterocycles. The molecule has 1 amide bonds. The van der Waals surface area contributed by atoms with Gasteiger partial charge in [0, 0.05) is 25.0 Å². The van der Waals surface area contributed by atoms with Crippen LogP contribution in [0.25, 0.3) is 10.2 Å². The number of aryl methyl sites for hydroxylation is 2. The van der Waals surface area contributed by atoms with Crippen molar-refractivity contribution in [2.45, 2.75) is 63.0 Å². The summed E-state index contributed by atoms with van der Waals surface area (Å²) < 4.78 is 1.78. The molecule has 1 aliphatic carbocycles. The number of thioether (sulfide) groups is 1. The number of hydrogen-bond acceptors (Lipinski definition) is 5. The van der Waals surface area contributed by atoms with Gasteiger partial charge < -0.3 is 4.90 Å². The molecule has 158 valence electrons. The summed E-state index contributed by atoms with van der Waals surface area (Å²) in [5.41, 5.74) is 2.36. The number of carbonyl (C=O) groups excluding carboxylic acids is 1. The number of rotatable bonds is 7. The standard InChI is InChI=1S/C23H27N3O2S2/c1-4-13-26-22(28)19-17-11-8-12-18(17)30-20(19)24-23(26)29-15(2)21(27)25(3)14-16-9-6-5-7-10-16/h5-7,9-10,15H,4,8,11-14H2,1-3H3. The Hall–Kier alpha value is -2.12. The van der Waals surface area contributed by atoms with Crippen LogP contribution >= 0.6 is 23.1 Å². The van der Waals surface area contributed by atoms with Crippen molar-refractivity contribution < 1.29 is 4.79 Å². The van der Waals surface area contributed by atoms with E-state index in [0.717, 1.165) is 41.5 Å². The Morgan fingerprint density at radius 1 is 1.30 bits per heavy atom. The molecule has 30 heavy (non-hydrogen) atoms. The normalized spacial score (nSPS) is 14.1. The van der Waals surface area contributed by atoms with Gasteiger partial charge in [-0.1, -0.05) is 49.0 Å². The first kappa shape index (κ1) is 21.1. The Bertz CT molecular complexity index is 1120. The Kier molecular flexibility index (Phi) is 6.29. The van der Waals surface area contributed by atoms with Crippen molar-refractivity contribution >= 4 is 39.2 Å². The van der Waals surface area contributed by atoms with Crippen LogP contribution in [0.1, 0.15) is 42.7 Å². The fraction of sp³-hybridized carbons (Fsp3) is 0.435. The summed E-state index contributed by atoms with van der Waals surface area (Å²) in [6, 6.07) is 9.97. The van der Waals surface area contributed by atoms with Crippen molar-refractivity contribution in [1.82, 2.24) is 14.5 Å². The predicted molar refractivity (Wildman–Crippen MR) is 124 cm³/mol. The Balaban J connectivity index is 1.60. The third-order valence-electron chi connectivity index (χ3n) is 5.51. The number of fused-ring (bicyclic) bond motifs is 3. The molecule has 7 heteroatoms. The van der Waals surface area contributed by atoms with Crippen LogP contribution in [0, 0.1) is 0 Å². The van der Waals surface area contributed by atoms with Gasteiger partial charge in [-0.2, -0.15) is 0 Å². The maximum atomic E-state index is 13.3. The summed E-state index contributed by atoms with van der Waals surface area (Å²) >= 11 is 3.05. The number of thiophene rings is 1. The molecule has 0 fully saturated rings. The highest BCUT2D eigenvalue weighted by molar-refractivity contribution is 8.00. The van der Waals surface area contributed by atoms with E-state index in [1.807, 2.05) is 44.3 Å². The quantitative estimate of drug-likeness (QED) is 0.400. The lowest BCUT2D eigenvalue weighted by Gasteiger charge is -2.22. The highest BCUT2D eigenvalue weighted by atomic mass is 32.2. The van der Waals surface area contributed by atoms with E-state index >= 15 is 0 Å². The molecule has 1 aliphatic rings. The molecule has 0 N–H and O–H groups in total. The van der Waals surface area contributed by atoms with E-state index in [-0.39, 0.29) is 16.7 Å². The second kappa shape index (κ2) is 8.94. The van der Waals surface area contributed by atoms with Gasteiger partial charge >= 0.3 is 0 Å². The van der Waals surface area contributed by atoms with Crippen LogP contribution in [-0.2, 0) is 30.7 Å². The summed E-state index contributed by atoms with van der Waals surface area (Å²) in [4.78, 5) is 35.0. The highest BCUT2D eigenvalue weighted by Gasteiger charge is 2.26. The minimum atomic E-state index is -0.321. The predicted octanol–water partition coefficient (Wildman–Crippen LogP) is 4.50. The number of aromatic nitrogens is 2. The summed E-state index contributed by atoms with van der Waals surface area (Å²) in [5, 5.41) is 1.15. The smallest absolute Gasteiger partial charge is 0.263 e. The molecule has 4 rings (SSSR count). The first-order valence-electron chi connectivity index (χ1n) is 10.5. The van der Waals surface area contributed by atoms with Crippen LogP contribution in [-0.4, -0.2) is 32.7 Å². The van der Waals surface area contributed by atoms with Gasteiger partial charge in [-0.15, -0.1) is 11.3 Å². The number of nitrogens with zero attached hydrogens (tertiary/aromatic N) is 3. The number of benzene rings is 1. The average molecular weight is 442 g/mol. The monoisotopic (exact) mass is 441 g/mol. The van der Waals surface area contributed by atoms with E-state index in [2.05, 4.69) is 6.92 Å². The van der Waals surface area contributed by atoms with E-state index in [9.17, 15) is 9.59 Å². The lowest BCUT2D eigenvalue weighted by molar-refractivity contribution is -0.129. The van der Waals surface area contributed by atoms with Gasteiger partial charge in [-0.3, -0.25) is 14.2 Å². The molecule has 5 nitrogen and oxygen atoms in total. The maximum Gasteiger partial charge on any atom is 0.263 e. The largest absolute Gasteiger partial charge is 0.340 e. The van der Waals surface area contributed by atoms with Gasteiger partial charge in [0.25, 0.3) is 5.56 Å². The SMILES string of the molecule is CCCn1c(SC(C)C(=O)N(C)Cc2ccccc2)nc2sc3c(c2c1=O)CCC3. The van der Waals surface area contributed by atoms with Crippen LogP contribution in [0.15, 0.2) is 40.3 Å². The summed E-state index contributed by atoms with van der Waals surface area (Å²) in [6.07, 6.45) is 4.00. The Labute approximate surface area is 185 Å². The molecule has 3 aromatic rings. The second-order valence-corrected chi connectivity index (χ2v) is 10.2. The van der Waals surface area contributed by atoms with Crippen molar-refractivity contribution in [3.05, 3.63) is 56.7 Å². The van der Waals surface area contributed by atoms with E-state index in [0.29, 0.717) is 18.2 Å². The molecule has 0 bridgehead atoms. The fourth-order valence-corrected chi connectivity index (χ4v) is 6.38. The zero-order chi connectivity index (χ0) is 21.3. The molecule has 0 saturated heterocycles. The van der Waals surface area contributed by atoms with Crippen LogP contribution in [0.5, 0.6) is 0 Å². The van der Waals surface area contributed by atoms with Gasteiger partial charge in [-0.25, -0.2) is 4.98 Å². The van der Waals surface area contributed by atoms with Gasteiger partial charge in [0.05, 0.1) is 10.6 Å². The average Bonchev–Trinajstić information content (AvgIpc) is 3.31. The van der Waals surface area contributed by atoms with E-state index in [1.54, 1.807) is 20.8 Å². The minimum absolute atomic E-state index is 0.0370. The van der Waals surface area contributed by atoms with Crippen LogP contribution in [0.3, 0.4) is 0 Å². The van der Waals surface area contributed by atoms with Gasteiger partial charge in [-0.05, 0) is 43.7 Å². The van der Waals surface area contributed by atoms with E-state index in [1.165, 1.54) is 22.2 Å². The van der Waals surface area contributed by atoms with Crippen LogP contribution in [0.4, 0.5) is 0 Å². The summed E-state index contributed by atoms with van der Waals surface area (Å²) in [7, 11) is 1.83. The first-order valence-corrected chi connectivity index (χ1v) is 12.2. The Morgan fingerprint density at radius 2 is 2.07 bits per heavy atom. The molecule has 0 radical (unpaired) electrons. The topological polar surface area (TPSA) is 55.2 Å². The fourth-order valence-electron chi connectivity index (χ4n) is 4.02. The van der Waals surface area contributed by atoms with Crippen molar-refractivity contribution in [2.75, 3.05) is 7.05 Å². The number of carbonyl (C=O) groups is 1. The minimum Gasteiger partial charge on any atom is -0.340 e. The summed E-state index contributed by atoms with van der Waals surface area (Å²) in [6.45, 7) is 5.15. The molecule has 0 spiro atoms. The van der Waals surface area contributed by atoms with Crippen LogP contribution in [0.2, 0.25) is 0 Å². The van der Waals surface area contributed by atoms with Gasteiger partial charge in [0.15, 0.2) is 5.16 Å². The molecule has 2 heterocycles. The molecular formula is C23H27N3O2S2. The highest BCUT2D eigenvalue weighted by Crippen LogP contribution is 2.36. The lowest BCUT2D eigenvalue weighted by atomic mass is 10.2. The van der Waals surface area contributed by atoms with Crippen molar-refractivity contribution in [3.63, 3.8) is 0 Å². The molecule has 1 atom stereocenters. The molecule has 1 unspecified atom stereocenters. The molecule has 0 aliphatic heterocycles. The van der Waals surface area contributed by atoms with Crippen molar-refractivity contribution in [1.29, 1.82) is 0 Å².